The Balaban J connectivity index is 2.40. The van der Waals surface area contributed by atoms with Gasteiger partial charge in [-0.25, -0.2) is 8.42 Å². The smallest absolute Gasteiger partial charge is 0.273 e. The van der Waals surface area contributed by atoms with Crippen molar-refractivity contribution in [3.8, 4) is 0 Å². The number of rotatable bonds is 6. The molecule has 1 aromatic heterocycles. The first-order chi connectivity index (χ1) is 9.55. The quantitative estimate of drug-likeness (QED) is 0.892. The van der Waals surface area contributed by atoms with E-state index in [-0.39, 0.29) is 13.2 Å². The zero-order valence-electron chi connectivity index (χ0n) is 11.2. The van der Waals surface area contributed by atoms with Gasteiger partial charge in [-0.3, -0.25) is 4.31 Å². The molecule has 0 unspecified atom stereocenters. The van der Waals surface area contributed by atoms with Crippen molar-refractivity contribution in [3.63, 3.8) is 0 Å². The molecule has 0 saturated carbocycles. The lowest BCUT2D eigenvalue weighted by molar-refractivity contribution is 0.291. The monoisotopic (exact) mass is 311 g/mol. The van der Waals surface area contributed by atoms with Gasteiger partial charge in [-0.05, 0) is 37.6 Å². The molecule has 0 spiro atoms. The van der Waals surface area contributed by atoms with Crippen LogP contribution in [-0.4, -0.2) is 26.7 Å². The number of nitrogens with zero attached hydrogens (tertiary/aromatic N) is 1. The minimum atomic E-state index is -3.56. The van der Waals surface area contributed by atoms with Crippen LogP contribution >= 0.6 is 11.3 Å². The van der Waals surface area contributed by atoms with Crippen LogP contribution in [0.15, 0.2) is 46.7 Å². The van der Waals surface area contributed by atoms with Crippen LogP contribution in [0.5, 0.6) is 0 Å². The van der Waals surface area contributed by atoms with Gasteiger partial charge in [-0.15, -0.1) is 11.3 Å². The molecular weight excluding hydrogens is 294 g/mol. The average Bonchev–Trinajstić information content (AvgIpc) is 2.88. The molecule has 0 fully saturated rings. The molecule has 0 atom stereocenters. The van der Waals surface area contributed by atoms with Crippen LogP contribution in [0.3, 0.4) is 0 Å². The van der Waals surface area contributed by atoms with E-state index >= 15 is 0 Å². The van der Waals surface area contributed by atoms with Crippen LogP contribution < -0.4 is 4.31 Å². The first-order valence-electron chi connectivity index (χ1n) is 6.31. The van der Waals surface area contributed by atoms with E-state index in [4.69, 9.17) is 5.11 Å². The van der Waals surface area contributed by atoms with E-state index in [0.29, 0.717) is 16.3 Å². The van der Waals surface area contributed by atoms with Crippen molar-refractivity contribution in [2.45, 2.75) is 17.6 Å². The van der Waals surface area contributed by atoms with Gasteiger partial charge in [-0.2, -0.15) is 0 Å². The molecule has 0 radical (unpaired) electrons. The van der Waals surface area contributed by atoms with Crippen molar-refractivity contribution in [2.24, 2.45) is 0 Å². The summed E-state index contributed by atoms with van der Waals surface area (Å²) in [6.45, 7) is 2.10. The molecule has 108 valence electrons. The maximum absolute atomic E-state index is 12.7. The van der Waals surface area contributed by atoms with E-state index in [1.807, 2.05) is 13.0 Å². The van der Waals surface area contributed by atoms with Crippen molar-refractivity contribution in [1.29, 1.82) is 0 Å². The van der Waals surface area contributed by atoms with Gasteiger partial charge in [0.1, 0.15) is 4.21 Å². The fourth-order valence-corrected chi connectivity index (χ4v) is 4.76. The van der Waals surface area contributed by atoms with Gasteiger partial charge in [-0.1, -0.05) is 18.2 Å². The highest BCUT2D eigenvalue weighted by atomic mass is 32.2. The highest BCUT2D eigenvalue weighted by Gasteiger charge is 2.25. The number of benzene rings is 1. The molecular formula is C14H17NO3S2. The Morgan fingerprint density at radius 3 is 2.40 bits per heavy atom. The summed E-state index contributed by atoms with van der Waals surface area (Å²) in [7, 11) is -3.56. The van der Waals surface area contributed by atoms with Crippen molar-refractivity contribution < 1.29 is 13.5 Å². The number of sulfonamides is 1. The second kappa shape index (κ2) is 6.39. The zero-order valence-corrected chi connectivity index (χ0v) is 12.8. The molecule has 1 heterocycles. The highest BCUT2D eigenvalue weighted by molar-refractivity contribution is 7.94. The molecule has 0 aliphatic heterocycles. The lowest BCUT2D eigenvalue weighted by Gasteiger charge is -2.23. The summed E-state index contributed by atoms with van der Waals surface area (Å²) < 4.78 is 27.1. The summed E-state index contributed by atoms with van der Waals surface area (Å²) >= 11 is 1.26. The molecule has 0 amide bonds. The summed E-state index contributed by atoms with van der Waals surface area (Å²) in [4.78, 5) is 0.957. The predicted molar refractivity (Wildman–Crippen MR) is 81.7 cm³/mol. The SMILES string of the molecule is Cc1ccc(S(=O)(=O)N(CCCO)c2ccccc2)s1. The highest BCUT2D eigenvalue weighted by Crippen LogP contribution is 2.28. The van der Waals surface area contributed by atoms with E-state index in [0.717, 1.165) is 4.88 Å². The Morgan fingerprint density at radius 1 is 1.15 bits per heavy atom. The molecule has 0 aliphatic rings. The Bertz CT molecular complexity index is 650. The third-order valence-corrected chi connectivity index (χ3v) is 6.12. The lowest BCUT2D eigenvalue weighted by atomic mass is 10.3. The van der Waals surface area contributed by atoms with Crippen LogP contribution in [0.2, 0.25) is 0 Å². The van der Waals surface area contributed by atoms with Gasteiger partial charge in [0, 0.05) is 18.0 Å². The summed E-state index contributed by atoms with van der Waals surface area (Å²) in [5.74, 6) is 0. The van der Waals surface area contributed by atoms with Gasteiger partial charge in [0.15, 0.2) is 0 Å². The Morgan fingerprint density at radius 2 is 1.85 bits per heavy atom. The second-order valence-corrected chi connectivity index (χ2v) is 7.73. The number of aliphatic hydroxyl groups excluding tert-OH is 1. The third-order valence-electron chi connectivity index (χ3n) is 2.82. The van der Waals surface area contributed by atoms with Crippen molar-refractivity contribution in [3.05, 3.63) is 47.3 Å². The summed E-state index contributed by atoms with van der Waals surface area (Å²) in [5, 5.41) is 8.98. The van der Waals surface area contributed by atoms with Gasteiger partial charge < -0.3 is 5.11 Å². The number of hydrogen-bond donors (Lipinski definition) is 1. The number of hydrogen-bond acceptors (Lipinski definition) is 4. The van der Waals surface area contributed by atoms with Crippen LogP contribution in [0, 0.1) is 6.92 Å². The molecule has 2 rings (SSSR count). The molecule has 1 N–H and O–H groups in total. The summed E-state index contributed by atoms with van der Waals surface area (Å²) in [6.07, 6.45) is 0.401. The lowest BCUT2D eigenvalue weighted by Crippen LogP contribution is -2.31. The summed E-state index contributed by atoms with van der Waals surface area (Å²) in [5.41, 5.74) is 0.618. The van der Waals surface area contributed by atoms with Crippen LogP contribution in [0.25, 0.3) is 0 Å². The normalized spacial score (nSPS) is 11.5. The minimum absolute atomic E-state index is 0.0394. The van der Waals surface area contributed by atoms with Crippen molar-refractivity contribution in [1.82, 2.24) is 0 Å². The van der Waals surface area contributed by atoms with Crippen LogP contribution in [0.4, 0.5) is 5.69 Å². The fourth-order valence-electron chi connectivity index (χ4n) is 1.86. The van der Waals surface area contributed by atoms with Crippen LogP contribution in [0.1, 0.15) is 11.3 Å². The van der Waals surface area contributed by atoms with E-state index in [1.165, 1.54) is 15.6 Å². The molecule has 0 saturated heterocycles. The minimum Gasteiger partial charge on any atom is -0.396 e. The fraction of sp³-hybridized carbons (Fsp3) is 0.286. The number of anilines is 1. The predicted octanol–water partition coefficient (Wildman–Crippen LogP) is 2.63. The molecule has 6 heteroatoms. The van der Waals surface area contributed by atoms with E-state index in [1.54, 1.807) is 36.4 Å². The molecule has 1 aromatic carbocycles. The number of aryl methyl sites for hydroxylation is 1. The Hall–Kier alpha value is -1.37. The maximum atomic E-state index is 12.7. The van der Waals surface area contributed by atoms with Crippen molar-refractivity contribution in [2.75, 3.05) is 17.5 Å². The van der Waals surface area contributed by atoms with E-state index in [9.17, 15) is 8.42 Å². The van der Waals surface area contributed by atoms with Gasteiger partial charge >= 0.3 is 0 Å². The molecule has 0 aliphatic carbocycles. The zero-order chi connectivity index (χ0) is 14.6. The topological polar surface area (TPSA) is 57.6 Å². The van der Waals surface area contributed by atoms with Gasteiger partial charge in [0.25, 0.3) is 10.0 Å². The average molecular weight is 311 g/mol. The largest absolute Gasteiger partial charge is 0.396 e. The number of thiophene rings is 1. The second-order valence-electron chi connectivity index (χ2n) is 4.35. The van der Waals surface area contributed by atoms with Gasteiger partial charge in [0.05, 0.1) is 5.69 Å². The first kappa shape index (κ1) is 15.0. The molecule has 2 aromatic rings. The van der Waals surface area contributed by atoms with Crippen LogP contribution in [-0.2, 0) is 10.0 Å². The molecule has 20 heavy (non-hydrogen) atoms. The standard InChI is InChI=1S/C14H17NO3S2/c1-12-8-9-14(19-12)20(17,18)15(10-5-11-16)13-6-3-2-4-7-13/h2-4,6-9,16H,5,10-11H2,1H3. The van der Waals surface area contributed by atoms with E-state index < -0.39 is 10.0 Å². The van der Waals surface area contributed by atoms with Crippen molar-refractivity contribution >= 4 is 27.0 Å². The number of aliphatic hydroxyl groups is 1. The molecule has 0 bridgehead atoms. The maximum Gasteiger partial charge on any atom is 0.273 e. The third kappa shape index (κ3) is 3.20. The summed E-state index contributed by atoms with van der Waals surface area (Å²) in [6, 6.07) is 12.4. The molecule has 4 nitrogen and oxygen atoms in total. The number of para-hydroxylation sites is 1. The van der Waals surface area contributed by atoms with E-state index in [2.05, 4.69) is 0 Å². The Labute approximate surface area is 123 Å². The van der Waals surface area contributed by atoms with Gasteiger partial charge in [0.2, 0.25) is 0 Å². The first-order valence-corrected chi connectivity index (χ1v) is 8.56. The Kier molecular flexibility index (Phi) is 4.80.